The zero-order valence-corrected chi connectivity index (χ0v) is 12.3. The lowest BCUT2D eigenvalue weighted by Gasteiger charge is -2.19. The number of amides is 1. The number of carbonyl (C=O) groups is 2. The Labute approximate surface area is 119 Å². The summed E-state index contributed by atoms with van der Waals surface area (Å²) in [5, 5.41) is 0. The van der Waals surface area contributed by atoms with Crippen LogP contribution in [0.1, 0.15) is 36.2 Å². The van der Waals surface area contributed by atoms with Gasteiger partial charge in [0.25, 0.3) is 0 Å². The van der Waals surface area contributed by atoms with Gasteiger partial charge in [-0.15, -0.1) is 0 Å². The molecule has 1 unspecified atom stereocenters. The van der Waals surface area contributed by atoms with Crippen molar-refractivity contribution in [1.29, 1.82) is 0 Å². The second-order valence-corrected chi connectivity index (χ2v) is 5.63. The summed E-state index contributed by atoms with van der Waals surface area (Å²) < 4.78 is 4.79. The number of esters is 1. The van der Waals surface area contributed by atoms with Crippen molar-refractivity contribution in [2.75, 3.05) is 13.7 Å². The second kappa shape index (κ2) is 6.07. The molecule has 1 amide bonds. The van der Waals surface area contributed by atoms with Crippen LogP contribution in [0.4, 0.5) is 0 Å². The van der Waals surface area contributed by atoms with Crippen LogP contribution in [0.3, 0.4) is 0 Å². The first-order valence-corrected chi connectivity index (χ1v) is 6.97. The van der Waals surface area contributed by atoms with Crippen LogP contribution in [-0.2, 0) is 16.1 Å². The van der Waals surface area contributed by atoms with Crippen LogP contribution in [0.2, 0.25) is 0 Å². The van der Waals surface area contributed by atoms with E-state index in [1.54, 1.807) is 12.1 Å². The fraction of sp³-hybridized carbons (Fsp3) is 0.500. The smallest absolute Gasteiger partial charge is 0.338 e. The highest BCUT2D eigenvalue weighted by Gasteiger charge is 2.31. The molecular formula is C16H21NO3. The molecule has 1 aromatic rings. The van der Waals surface area contributed by atoms with Gasteiger partial charge in [-0.2, -0.15) is 0 Å². The summed E-state index contributed by atoms with van der Waals surface area (Å²) in [5.41, 5.74) is 1.38. The molecule has 4 nitrogen and oxygen atoms in total. The van der Waals surface area contributed by atoms with E-state index < -0.39 is 0 Å². The minimum absolute atomic E-state index is 0.170. The predicted molar refractivity (Wildman–Crippen MR) is 76.1 cm³/mol. The third kappa shape index (κ3) is 3.00. The van der Waals surface area contributed by atoms with E-state index in [9.17, 15) is 9.59 Å². The highest BCUT2D eigenvalue weighted by molar-refractivity contribution is 5.91. The van der Waals surface area contributed by atoms with Crippen molar-refractivity contribution in [2.45, 2.75) is 26.8 Å². The van der Waals surface area contributed by atoms with Gasteiger partial charge >= 0.3 is 5.97 Å². The molecule has 0 radical (unpaired) electrons. The molecule has 0 bridgehead atoms. The molecule has 4 heteroatoms. The Morgan fingerprint density at radius 2 is 2.10 bits per heavy atom. The molecule has 0 N–H and O–H groups in total. The summed E-state index contributed by atoms with van der Waals surface area (Å²) in [6.07, 6.45) is 0.609. The van der Waals surface area contributed by atoms with Crippen molar-refractivity contribution in [3.8, 4) is 0 Å². The predicted octanol–water partition coefficient (Wildman–Crippen LogP) is 2.48. The molecule has 1 aromatic carbocycles. The fourth-order valence-electron chi connectivity index (χ4n) is 2.57. The van der Waals surface area contributed by atoms with Gasteiger partial charge in [-0.3, -0.25) is 4.79 Å². The lowest BCUT2D eigenvalue weighted by molar-refractivity contribution is -0.128. The van der Waals surface area contributed by atoms with Gasteiger partial charge in [0.1, 0.15) is 0 Å². The highest BCUT2D eigenvalue weighted by Crippen LogP contribution is 2.26. The molecular weight excluding hydrogens is 254 g/mol. The number of ether oxygens (including phenoxy) is 1. The lowest BCUT2D eigenvalue weighted by Crippen LogP contribution is -2.26. The van der Waals surface area contributed by atoms with Crippen LogP contribution >= 0.6 is 0 Å². The molecule has 0 aromatic heterocycles. The number of hydrogen-bond acceptors (Lipinski definition) is 3. The Morgan fingerprint density at radius 3 is 2.70 bits per heavy atom. The van der Waals surface area contributed by atoms with Crippen molar-refractivity contribution in [3.05, 3.63) is 35.4 Å². The van der Waals surface area contributed by atoms with Gasteiger partial charge in [-0.25, -0.2) is 4.79 Å². The molecule has 20 heavy (non-hydrogen) atoms. The number of nitrogens with zero attached hydrogens (tertiary/aromatic N) is 1. The maximum Gasteiger partial charge on any atom is 0.338 e. The van der Waals surface area contributed by atoms with Gasteiger partial charge in [0, 0.05) is 19.5 Å². The highest BCUT2D eigenvalue weighted by atomic mass is 16.5. The quantitative estimate of drug-likeness (QED) is 0.793. The van der Waals surface area contributed by atoms with Crippen LogP contribution in [0.25, 0.3) is 0 Å². The molecule has 1 saturated heterocycles. The van der Waals surface area contributed by atoms with Crippen LogP contribution in [0, 0.1) is 11.8 Å². The molecule has 0 saturated carbocycles. The molecule has 108 valence electrons. The van der Waals surface area contributed by atoms with Gasteiger partial charge in [0.2, 0.25) is 5.91 Å². The average Bonchev–Trinajstić information content (AvgIpc) is 2.80. The summed E-state index contributed by atoms with van der Waals surface area (Å²) in [4.78, 5) is 25.6. The maximum absolute atomic E-state index is 12.1. The van der Waals surface area contributed by atoms with E-state index in [0.29, 0.717) is 30.4 Å². The lowest BCUT2D eigenvalue weighted by atomic mass is 9.95. The van der Waals surface area contributed by atoms with Gasteiger partial charge in [0.15, 0.2) is 0 Å². The van der Waals surface area contributed by atoms with Crippen molar-refractivity contribution < 1.29 is 14.3 Å². The van der Waals surface area contributed by atoms with E-state index in [-0.39, 0.29) is 11.9 Å². The first-order chi connectivity index (χ1) is 9.52. The summed E-state index contributed by atoms with van der Waals surface area (Å²) in [7, 11) is 1.37. The Balaban J connectivity index is 2.15. The number of hydrogen-bond donors (Lipinski definition) is 0. The van der Waals surface area contributed by atoms with Crippen molar-refractivity contribution in [1.82, 2.24) is 4.90 Å². The van der Waals surface area contributed by atoms with Crippen LogP contribution < -0.4 is 0 Å². The molecule has 1 fully saturated rings. The van der Waals surface area contributed by atoms with E-state index in [1.807, 2.05) is 17.0 Å². The zero-order valence-electron chi connectivity index (χ0n) is 12.3. The molecule has 1 aliphatic heterocycles. The van der Waals surface area contributed by atoms with Crippen molar-refractivity contribution in [3.63, 3.8) is 0 Å². The molecule has 2 rings (SSSR count). The van der Waals surface area contributed by atoms with Gasteiger partial charge in [-0.1, -0.05) is 32.0 Å². The summed E-state index contributed by atoms with van der Waals surface area (Å²) in [6, 6.07) is 7.30. The standard InChI is InChI=1S/C16H21NO3/c1-11(2)13-8-15(18)17(10-13)9-12-6-4-5-7-14(12)16(19)20-3/h4-7,11,13H,8-10H2,1-3H3. The average molecular weight is 275 g/mol. The molecule has 0 spiro atoms. The second-order valence-electron chi connectivity index (χ2n) is 5.63. The maximum atomic E-state index is 12.1. The SMILES string of the molecule is COC(=O)c1ccccc1CN1CC(C(C)C)CC1=O. The van der Waals surface area contributed by atoms with Gasteiger partial charge < -0.3 is 9.64 Å². The molecule has 0 aliphatic carbocycles. The van der Waals surface area contributed by atoms with Crippen molar-refractivity contribution in [2.24, 2.45) is 11.8 Å². The minimum atomic E-state index is -0.354. The number of rotatable bonds is 4. The van der Waals surface area contributed by atoms with Gasteiger partial charge in [0.05, 0.1) is 12.7 Å². The first kappa shape index (κ1) is 14.6. The summed E-state index contributed by atoms with van der Waals surface area (Å²) >= 11 is 0. The van der Waals surface area contributed by atoms with E-state index in [1.165, 1.54) is 7.11 Å². The third-order valence-corrected chi connectivity index (χ3v) is 3.97. The topological polar surface area (TPSA) is 46.6 Å². The number of methoxy groups -OCH3 is 1. The summed E-state index contributed by atoms with van der Waals surface area (Å²) in [6.45, 7) is 5.53. The van der Waals surface area contributed by atoms with Gasteiger partial charge in [-0.05, 0) is 23.5 Å². The van der Waals surface area contributed by atoms with Crippen LogP contribution in [-0.4, -0.2) is 30.4 Å². The van der Waals surface area contributed by atoms with Crippen molar-refractivity contribution >= 4 is 11.9 Å². The molecule has 1 heterocycles. The minimum Gasteiger partial charge on any atom is -0.465 e. The van der Waals surface area contributed by atoms with Crippen LogP contribution in [0.15, 0.2) is 24.3 Å². The monoisotopic (exact) mass is 275 g/mol. The Kier molecular flexibility index (Phi) is 4.42. The third-order valence-electron chi connectivity index (χ3n) is 3.97. The molecule has 1 aliphatic rings. The van der Waals surface area contributed by atoms with E-state index >= 15 is 0 Å². The number of likely N-dealkylation sites (tertiary alicyclic amines) is 1. The fourth-order valence-corrected chi connectivity index (χ4v) is 2.57. The van der Waals surface area contributed by atoms with Crippen LogP contribution in [0.5, 0.6) is 0 Å². The summed E-state index contributed by atoms with van der Waals surface area (Å²) in [5.74, 6) is 0.726. The number of benzene rings is 1. The Morgan fingerprint density at radius 1 is 1.40 bits per heavy atom. The van der Waals surface area contributed by atoms with E-state index in [2.05, 4.69) is 13.8 Å². The number of carbonyl (C=O) groups excluding carboxylic acids is 2. The normalized spacial score (nSPS) is 18.7. The first-order valence-electron chi connectivity index (χ1n) is 6.97. The molecule has 1 atom stereocenters. The van der Waals surface area contributed by atoms with E-state index in [4.69, 9.17) is 4.74 Å². The Hall–Kier alpha value is -1.84. The van der Waals surface area contributed by atoms with E-state index in [0.717, 1.165) is 12.1 Å². The largest absolute Gasteiger partial charge is 0.465 e. The Bertz CT molecular complexity index is 510. The zero-order chi connectivity index (χ0) is 14.7.